The molecule has 1 aliphatic rings. The lowest BCUT2D eigenvalue weighted by Gasteiger charge is -2.23. The Morgan fingerprint density at radius 2 is 2.38 bits per heavy atom. The zero-order valence-corrected chi connectivity index (χ0v) is 7.31. The molecule has 2 unspecified atom stereocenters. The lowest BCUT2D eigenvalue weighted by Crippen LogP contribution is -2.35. The van der Waals surface area contributed by atoms with Gasteiger partial charge in [-0.15, -0.1) is 0 Å². The van der Waals surface area contributed by atoms with Crippen molar-refractivity contribution in [3.63, 3.8) is 0 Å². The number of hydrogen-bond donors (Lipinski definition) is 1. The van der Waals surface area contributed by atoms with Crippen LogP contribution in [0.5, 0.6) is 0 Å². The molecular formula is C6H12IN. The Morgan fingerprint density at radius 3 is 2.75 bits per heavy atom. The Morgan fingerprint density at radius 1 is 1.62 bits per heavy atom. The van der Waals surface area contributed by atoms with Crippen LogP contribution in [-0.2, 0) is 0 Å². The predicted molar refractivity (Wildman–Crippen MR) is 44.5 cm³/mol. The first kappa shape index (κ1) is 6.81. The molecule has 0 amide bonds. The average Bonchev–Trinajstić information content (AvgIpc) is 1.64. The SMILES string of the molecule is CC1CC(I)CCN1. The van der Waals surface area contributed by atoms with E-state index < -0.39 is 0 Å². The summed E-state index contributed by atoms with van der Waals surface area (Å²) in [6.45, 7) is 3.47. The van der Waals surface area contributed by atoms with Crippen LogP contribution in [0, 0.1) is 0 Å². The van der Waals surface area contributed by atoms with E-state index in [1.807, 2.05) is 0 Å². The summed E-state index contributed by atoms with van der Waals surface area (Å²) in [5.74, 6) is 0. The second kappa shape index (κ2) is 3.01. The number of nitrogens with one attached hydrogen (secondary N) is 1. The van der Waals surface area contributed by atoms with E-state index >= 15 is 0 Å². The van der Waals surface area contributed by atoms with Crippen LogP contribution in [0.3, 0.4) is 0 Å². The van der Waals surface area contributed by atoms with Gasteiger partial charge in [0.15, 0.2) is 0 Å². The molecule has 0 aromatic rings. The molecule has 1 N–H and O–H groups in total. The van der Waals surface area contributed by atoms with Gasteiger partial charge in [0.05, 0.1) is 0 Å². The van der Waals surface area contributed by atoms with Gasteiger partial charge in [-0.05, 0) is 26.3 Å². The number of halogens is 1. The van der Waals surface area contributed by atoms with Crippen molar-refractivity contribution in [3.8, 4) is 0 Å². The lowest BCUT2D eigenvalue weighted by molar-refractivity contribution is 0.442. The standard InChI is InChI=1S/C6H12IN/c1-5-4-6(7)2-3-8-5/h5-6,8H,2-4H2,1H3. The molecule has 0 saturated carbocycles. The summed E-state index contributed by atoms with van der Waals surface area (Å²) >= 11 is 2.53. The summed E-state index contributed by atoms with van der Waals surface area (Å²) < 4.78 is 0.920. The quantitative estimate of drug-likeness (QED) is 0.487. The molecule has 0 aromatic heterocycles. The number of piperidine rings is 1. The fourth-order valence-corrected chi connectivity index (χ4v) is 2.15. The van der Waals surface area contributed by atoms with Gasteiger partial charge in [-0.2, -0.15) is 0 Å². The first-order valence-electron chi connectivity index (χ1n) is 3.16. The summed E-state index contributed by atoms with van der Waals surface area (Å²) in [6, 6.07) is 0.755. The maximum atomic E-state index is 3.41. The summed E-state index contributed by atoms with van der Waals surface area (Å²) in [4.78, 5) is 0. The maximum absolute atomic E-state index is 3.41. The molecule has 1 saturated heterocycles. The van der Waals surface area contributed by atoms with Crippen molar-refractivity contribution in [1.82, 2.24) is 5.32 Å². The predicted octanol–water partition coefficient (Wildman–Crippen LogP) is 1.56. The van der Waals surface area contributed by atoms with Crippen molar-refractivity contribution in [2.45, 2.75) is 29.7 Å². The first-order valence-corrected chi connectivity index (χ1v) is 4.41. The summed E-state index contributed by atoms with van der Waals surface area (Å²) in [5, 5.41) is 3.41. The molecule has 8 heavy (non-hydrogen) atoms. The minimum atomic E-state index is 0.755. The van der Waals surface area contributed by atoms with Crippen LogP contribution in [-0.4, -0.2) is 16.5 Å². The molecule has 0 radical (unpaired) electrons. The van der Waals surface area contributed by atoms with Crippen molar-refractivity contribution >= 4 is 22.6 Å². The zero-order chi connectivity index (χ0) is 5.98. The highest BCUT2D eigenvalue weighted by Gasteiger charge is 2.14. The Labute approximate surface area is 64.4 Å². The fraction of sp³-hybridized carbons (Fsp3) is 1.00. The molecule has 48 valence electrons. The number of alkyl halides is 1. The Bertz CT molecular complexity index is 66.9. The Kier molecular flexibility index (Phi) is 2.56. The molecule has 2 atom stereocenters. The topological polar surface area (TPSA) is 12.0 Å². The number of rotatable bonds is 0. The molecule has 0 spiro atoms. The Balaban J connectivity index is 2.23. The van der Waals surface area contributed by atoms with E-state index in [9.17, 15) is 0 Å². The molecular weight excluding hydrogens is 213 g/mol. The third-order valence-corrected chi connectivity index (χ3v) is 2.69. The molecule has 1 fully saturated rings. The fourth-order valence-electron chi connectivity index (χ4n) is 1.07. The third-order valence-electron chi connectivity index (χ3n) is 1.56. The van der Waals surface area contributed by atoms with Crippen LogP contribution in [0.25, 0.3) is 0 Å². The molecule has 1 rings (SSSR count). The van der Waals surface area contributed by atoms with Gasteiger partial charge in [0.25, 0.3) is 0 Å². The van der Waals surface area contributed by atoms with Crippen molar-refractivity contribution in [1.29, 1.82) is 0 Å². The summed E-state index contributed by atoms with van der Waals surface area (Å²) in [7, 11) is 0. The van der Waals surface area contributed by atoms with Gasteiger partial charge in [-0.25, -0.2) is 0 Å². The maximum Gasteiger partial charge on any atom is 0.0136 e. The molecule has 1 heterocycles. The lowest BCUT2D eigenvalue weighted by atomic mass is 10.1. The van der Waals surface area contributed by atoms with Crippen LogP contribution in [0.2, 0.25) is 0 Å². The van der Waals surface area contributed by atoms with E-state index in [0.29, 0.717) is 0 Å². The van der Waals surface area contributed by atoms with E-state index in [1.165, 1.54) is 19.4 Å². The molecule has 0 bridgehead atoms. The highest BCUT2D eigenvalue weighted by molar-refractivity contribution is 14.1. The van der Waals surface area contributed by atoms with Crippen molar-refractivity contribution < 1.29 is 0 Å². The summed E-state index contributed by atoms with van der Waals surface area (Å²) in [5.41, 5.74) is 0. The van der Waals surface area contributed by atoms with E-state index in [4.69, 9.17) is 0 Å². The smallest absolute Gasteiger partial charge is 0.0136 e. The van der Waals surface area contributed by atoms with Crippen LogP contribution in [0.15, 0.2) is 0 Å². The average molecular weight is 225 g/mol. The van der Waals surface area contributed by atoms with Gasteiger partial charge in [0.1, 0.15) is 0 Å². The van der Waals surface area contributed by atoms with E-state index in [1.54, 1.807) is 0 Å². The number of hydrogen-bond acceptors (Lipinski definition) is 1. The minimum absolute atomic E-state index is 0.755. The van der Waals surface area contributed by atoms with Crippen LogP contribution >= 0.6 is 22.6 Å². The minimum Gasteiger partial charge on any atom is -0.314 e. The second-order valence-corrected chi connectivity index (χ2v) is 4.24. The van der Waals surface area contributed by atoms with Gasteiger partial charge in [0, 0.05) is 9.97 Å². The molecule has 0 aliphatic carbocycles. The normalized spacial score (nSPS) is 39.8. The largest absolute Gasteiger partial charge is 0.314 e. The Hall–Kier alpha value is 0.690. The van der Waals surface area contributed by atoms with Gasteiger partial charge >= 0.3 is 0 Å². The van der Waals surface area contributed by atoms with Crippen LogP contribution in [0.1, 0.15) is 19.8 Å². The molecule has 0 aromatic carbocycles. The van der Waals surface area contributed by atoms with Crippen molar-refractivity contribution in [2.24, 2.45) is 0 Å². The van der Waals surface area contributed by atoms with Gasteiger partial charge < -0.3 is 5.32 Å². The zero-order valence-electron chi connectivity index (χ0n) is 5.15. The van der Waals surface area contributed by atoms with Crippen molar-refractivity contribution in [3.05, 3.63) is 0 Å². The first-order chi connectivity index (χ1) is 3.79. The molecule has 1 aliphatic heterocycles. The van der Waals surface area contributed by atoms with E-state index in [0.717, 1.165) is 9.97 Å². The molecule has 1 nitrogen and oxygen atoms in total. The van der Waals surface area contributed by atoms with E-state index in [-0.39, 0.29) is 0 Å². The monoisotopic (exact) mass is 225 g/mol. The van der Waals surface area contributed by atoms with Gasteiger partial charge in [0.2, 0.25) is 0 Å². The summed E-state index contributed by atoms with van der Waals surface area (Å²) in [6.07, 6.45) is 2.70. The highest BCUT2D eigenvalue weighted by atomic mass is 127. The second-order valence-electron chi connectivity index (χ2n) is 2.48. The highest BCUT2D eigenvalue weighted by Crippen LogP contribution is 2.16. The third kappa shape index (κ3) is 1.90. The molecule has 2 heteroatoms. The van der Waals surface area contributed by atoms with Crippen LogP contribution in [0.4, 0.5) is 0 Å². The van der Waals surface area contributed by atoms with Gasteiger partial charge in [-0.1, -0.05) is 22.6 Å². The van der Waals surface area contributed by atoms with Crippen LogP contribution < -0.4 is 5.32 Å². The van der Waals surface area contributed by atoms with E-state index in [2.05, 4.69) is 34.8 Å². The van der Waals surface area contributed by atoms with Gasteiger partial charge in [-0.3, -0.25) is 0 Å². The van der Waals surface area contributed by atoms with Crippen molar-refractivity contribution in [2.75, 3.05) is 6.54 Å².